The van der Waals surface area contributed by atoms with Crippen LogP contribution in [0, 0.1) is 5.82 Å². The fourth-order valence-electron chi connectivity index (χ4n) is 3.29. The molecule has 138 valence electrons. The van der Waals surface area contributed by atoms with Gasteiger partial charge in [-0.2, -0.15) is 0 Å². The highest BCUT2D eigenvalue weighted by Gasteiger charge is 2.22. The number of nitrogens with zero attached hydrogens (tertiary/aromatic N) is 3. The van der Waals surface area contributed by atoms with E-state index in [1.165, 1.54) is 6.07 Å². The number of urea groups is 1. The number of morpholine rings is 1. The van der Waals surface area contributed by atoms with Crippen LogP contribution in [0.5, 0.6) is 0 Å². The van der Waals surface area contributed by atoms with Crippen LogP contribution in [0.15, 0.2) is 24.3 Å². The highest BCUT2D eigenvalue weighted by atomic mass is 19.1. The minimum Gasteiger partial charge on any atom is -0.379 e. The predicted octanol–water partition coefficient (Wildman–Crippen LogP) is 1.38. The van der Waals surface area contributed by atoms with Gasteiger partial charge < -0.3 is 19.9 Å². The van der Waals surface area contributed by atoms with Crippen LogP contribution in [0.25, 0.3) is 0 Å². The molecule has 2 fully saturated rings. The largest absolute Gasteiger partial charge is 0.379 e. The van der Waals surface area contributed by atoms with E-state index >= 15 is 0 Å². The second kappa shape index (κ2) is 9.01. The molecule has 2 amide bonds. The number of anilines is 1. The van der Waals surface area contributed by atoms with E-state index in [9.17, 15) is 9.18 Å². The molecular weight excluding hydrogens is 323 g/mol. The third-order valence-electron chi connectivity index (χ3n) is 4.79. The first-order chi connectivity index (χ1) is 12.2. The van der Waals surface area contributed by atoms with Gasteiger partial charge in [-0.05, 0) is 25.1 Å². The summed E-state index contributed by atoms with van der Waals surface area (Å²) in [6, 6.07) is 6.78. The third-order valence-corrected chi connectivity index (χ3v) is 4.79. The molecule has 1 N–H and O–H groups in total. The summed E-state index contributed by atoms with van der Waals surface area (Å²) in [5.41, 5.74) is 0.619. The van der Waals surface area contributed by atoms with Gasteiger partial charge in [-0.1, -0.05) is 12.1 Å². The smallest absolute Gasteiger partial charge is 0.317 e. The van der Waals surface area contributed by atoms with Crippen molar-refractivity contribution in [1.82, 2.24) is 15.1 Å². The molecule has 0 aliphatic carbocycles. The Hall–Kier alpha value is -1.86. The van der Waals surface area contributed by atoms with E-state index in [2.05, 4.69) is 10.2 Å². The van der Waals surface area contributed by atoms with Crippen LogP contribution in [0.1, 0.15) is 6.42 Å². The van der Waals surface area contributed by atoms with Crippen LogP contribution < -0.4 is 10.2 Å². The first kappa shape index (κ1) is 17.9. The Morgan fingerprint density at radius 1 is 1.08 bits per heavy atom. The number of para-hydroxylation sites is 1. The maximum absolute atomic E-state index is 13.8. The van der Waals surface area contributed by atoms with Gasteiger partial charge in [-0.25, -0.2) is 9.18 Å². The molecule has 25 heavy (non-hydrogen) atoms. The van der Waals surface area contributed by atoms with Crippen molar-refractivity contribution in [2.24, 2.45) is 0 Å². The average Bonchev–Trinajstić information content (AvgIpc) is 2.66. The quantitative estimate of drug-likeness (QED) is 0.815. The molecule has 2 aliphatic rings. The Kier molecular flexibility index (Phi) is 6.47. The third kappa shape index (κ3) is 5.06. The molecular formula is C18H27FN4O2. The van der Waals surface area contributed by atoms with E-state index < -0.39 is 0 Å². The summed E-state index contributed by atoms with van der Waals surface area (Å²) in [6.45, 7) is 7.78. The van der Waals surface area contributed by atoms with Crippen molar-refractivity contribution in [3.63, 3.8) is 0 Å². The van der Waals surface area contributed by atoms with Crippen molar-refractivity contribution in [2.75, 3.05) is 70.5 Å². The summed E-state index contributed by atoms with van der Waals surface area (Å²) in [4.78, 5) is 18.4. The van der Waals surface area contributed by atoms with Crippen molar-refractivity contribution in [3.05, 3.63) is 30.1 Å². The molecule has 6 nitrogen and oxygen atoms in total. The van der Waals surface area contributed by atoms with Gasteiger partial charge in [0, 0.05) is 45.8 Å². The maximum Gasteiger partial charge on any atom is 0.317 e. The molecule has 2 saturated heterocycles. The van der Waals surface area contributed by atoms with Crippen molar-refractivity contribution < 1.29 is 13.9 Å². The summed E-state index contributed by atoms with van der Waals surface area (Å²) < 4.78 is 19.2. The molecule has 1 aromatic rings. The lowest BCUT2D eigenvalue weighted by Crippen LogP contribution is -2.52. The average molecular weight is 350 g/mol. The molecule has 0 aromatic heterocycles. The number of ether oxygens (including phenoxy) is 1. The summed E-state index contributed by atoms with van der Waals surface area (Å²) in [6.07, 6.45) is 0.945. The number of hydrogen-bond acceptors (Lipinski definition) is 4. The van der Waals surface area contributed by atoms with Crippen LogP contribution in [0.4, 0.5) is 14.9 Å². The van der Waals surface area contributed by atoms with Crippen LogP contribution >= 0.6 is 0 Å². The normalized spacial score (nSPS) is 19.1. The first-order valence-electron chi connectivity index (χ1n) is 9.06. The van der Waals surface area contributed by atoms with Crippen molar-refractivity contribution in [2.45, 2.75) is 6.42 Å². The zero-order valence-corrected chi connectivity index (χ0v) is 14.6. The van der Waals surface area contributed by atoms with Crippen molar-refractivity contribution in [3.8, 4) is 0 Å². The summed E-state index contributed by atoms with van der Waals surface area (Å²) in [7, 11) is 0. The molecule has 0 bridgehead atoms. The molecule has 0 saturated carbocycles. The van der Waals surface area contributed by atoms with E-state index in [0.717, 1.165) is 39.3 Å². The van der Waals surface area contributed by atoms with E-state index in [-0.39, 0.29) is 11.8 Å². The molecule has 0 atom stereocenters. The summed E-state index contributed by atoms with van der Waals surface area (Å²) in [5, 5.41) is 2.99. The lowest BCUT2D eigenvalue weighted by Gasteiger charge is -2.36. The van der Waals surface area contributed by atoms with Crippen LogP contribution in [-0.2, 0) is 4.74 Å². The number of nitrogens with one attached hydrogen (secondary N) is 1. The molecule has 0 unspecified atom stereocenters. The number of hydrogen-bond donors (Lipinski definition) is 1. The Balaban J connectivity index is 1.35. The van der Waals surface area contributed by atoms with Gasteiger partial charge in [0.25, 0.3) is 0 Å². The van der Waals surface area contributed by atoms with Gasteiger partial charge in [-0.15, -0.1) is 0 Å². The SMILES string of the molecule is O=C(NCCCN1CCOCC1)N1CCN(c2ccccc2F)CC1. The summed E-state index contributed by atoms with van der Waals surface area (Å²) in [5.74, 6) is -0.205. The summed E-state index contributed by atoms with van der Waals surface area (Å²) >= 11 is 0. The van der Waals surface area contributed by atoms with Crippen LogP contribution in [0.2, 0.25) is 0 Å². The number of halogens is 1. The van der Waals surface area contributed by atoms with E-state index in [0.29, 0.717) is 38.4 Å². The predicted molar refractivity (Wildman–Crippen MR) is 95.5 cm³/mol. The molecule has 1 aromatic carbocycles. The zero-order valence-electron chi connectivity index (χ0n) is 14.6. The fourth-order valence-corrected chi connectivity index (χ4v) is 3.29. The minimum absolute atomic E-state index is 0.0184. The number of benzene rings is 1. The number of piperazine rings is 1. The molecule has 0 radical (unpaired) electrons. The standard InChI is InChI=1S/C18H27FN4O2/c19-16-4-1-2-5-17(16)22-8-10-23(11-9-22)18(24)20-6-3-7-21-12-14-25-15-13-21/h1-2,4-5H,3,6-15H2,(H,20,24). The Labute approximate surface area is 148 Å². The lowest BCUT2D eigenvalue weighted by atomic mass is 10.2. The van der Waals surface area contributed by atoms with Crippen LogP contribution in [0.3, 0.4) is 0 Å². The number of carbonyl (C=O) groups is 1. The monoisotopic (exact) mass is 350 g/mol. The lowest BCUT2D eigenvalue weighted by molar-refractivity contribution is 0.0375. The zero-order chi connectivity index (χ0) is 17.5. The second-order valence-corrected chi connectivity index (χ2v) is 6.47. The second-order valence-electron chi connectivity index (χ2n) is 6.47. The highest BCUT2D eigenvalue weighted by Crippen LogP contribution is 2.20. The molecule has 2 aliphatic heterocycles. The van der Waals surface area contributed by atoms with Gasteiger partial charge in [0.1, 0.15) is 5.82 Å². The first-order valence-corrected chi connectivity index (χ1v) is 9.06. The number of rotatable bonds is 5. The van der Waals surface area contributed by atoms with Crippen LogP contribution in [-0.4, -0.2) is 81.4 Å². The van der Waals surface area contributed by atoms with Gasteiger partial charge >= 0.3 is 6.03 Å². The molecule has 3 rings (SSSR count). The van der Waals surface area contributed by atoms with Gasteiger partial charge in [0.15, 0.2) is 0 Å². The minimum atomic E-state index is -0.205. The Morgan fingerprint density at radius 3 is 2.52 bits per heavy atom. The molecule has 2 heterocycles. The maximum atomic E-state index is 13.8. The fraction of sp³-hybridized carbons (Fsp3) is 0.611. The molecule has 7 heteroatoms. The highest BCUT2D eigenvalue weighted by molar-refractivity contribution is 5.74. The Morgan fingerprint density at radius 2 is 1.80 bits per heavy atom. The van der Waals surface area contributed by atoms with Gasteiger partial charge in [0.05, 0.1) is 18.9 Å². The topological polar surface area (TPSA) is 48.1 Å². The van der Waals surface area contributed by atoms with E-state index in [1.54, 1.807) is 12.1 Å². The Bertz CT molecular complexity index is 558. The van der Waals surface area contributed by atoms with Gasteiger partial charge in [-0.3, -0.25) is 4.90 Å². The number of carbonyl (C=O) groups excluding carboxylic acids is 1. The van der Waals surface area contributed by atoms with Crippen molar-refractivity contribution in [1.29, 1.82) is 0 Å². The number of amides is 2. The van der Waals surface area contributed by atoms with Gasteiger partial charge in [0.2, 0.25) is 0 Å². The van der Waals surface area contributed by atoms with E-state index in [1.807, 2.05) is 15.9 Å². The van der Waals surface area contributed by atoms with E-state index in [4.69, 9.17) is 4.74 Å². The van der Waals surface area contributed by atoms with Crippen molar-refractivity contribution >= 4 is 11.7 Å². The molecule has 0 spiro atoms.